The van der Waals surface area contributed by atoms with Crippen LogP contribution in [0.4, 0.5) is 0 Å². The van der Waals surface area contributed by atoms with Gasteiger partial charge < -0.3 is 9.30 Å². The zero-order chi connectivity index (χ0) is 10.3. The molecule has 82 valence electrons. The smallest absolute Gasteiger partial charge is 0.0876 e. The molecule has 0 saturated carbocycles. The van der Waals surface area contributed by atoms with Crippen LogP contribution in [0.1, 0.15) is 48.2 Å². The molecule has 0 saturated heterocycles. The first kappa shape index (κ1) is 9.46. The fourth-order valence-corrected chi connectivity index (χ4v) is 3.08. The first-order valence-electron chi connectivity index (χ1n) is 6.14. The summed E-state index contributed by atoms with van der Waals surface area (Å²) in [6.07, 6.45) is 8.10. The van der Waals surface area contributed by atoms with E-state index >= 15 is 0 Å². The number of nitrogens with zero attached hydrogens (tertiary/aromatic N) is 1. The van der Waals surface area contributed by atoms with Crippen LogP contribution in [0.2, 0.25) is 0 Å². The molecule has 1 aromatic rings. The molecule has 0 atom stereocenters. The Bertz CT molecular complexity index is 378. The fraction of sp³-hybridized carbons (Fsp3) is 0.692. The molecule has 0 unspecified atom stereocenters. The number of ether oxygens (including phenoxy) is 1. The van der Waals surface area contributed by atoms with Crippen molar-refractivity contribution in [1.29, 1.82) is 0 Å². The van der Waals surface area contributed by atoms with Crippen LogP contribution in [0.3, 0.4) is 0 Å². The Balaban J connectivity index is 2.07. The van der Waals surface area contributed by atoms with E-state index in [9.17, 15) is 0 Å². The quantitative estimate of drug-likeness (QED) is 0.635. The Morgan fingerprint density at radius 1 is 0.867 bits per heavy atom. The van der Waals surface area contributed by atoms with Crippen LogP contribution < -0.4 is 0 Å². The van der Waals surface area contributed by atoms with Gasteiger partial charge in [-0.15, -0.1) is 0 Å². The predicted molar refractivity (Wildman–Crippen MR) is 59.8 cm³/mol. The molecular weight excluding hydrogens is 186 g/mol. The molecule has 1 aliphatic carbocycles. The summed E-state index contributed by atoms with van der Waals surface area (Å²) in [6.45, 7) is 1.69. The van der Waals surface area contributed by atoms with E-state index in [4.69, 9.17) is 4.74 Å². The lowest BCUT2D eigenvalue weighted by atomic mass is 9.96. The standard InChI is InChI=1S/C13H19NO/c1-14-12-7-5-3-2-4-6-10(12)11-8-15-9-13(11)14/h2-9H2,1H3. The van der Waals surface area contributed by atoms with Crippen LogP contribution in [-0.2, 0) is 37.8 Å². The summed E-state index contributed by atoms with van der Waals surface area (Å²) in [4.78, 5) is 0. The van der Waals surface area contributed by atoms with Crippen molar-refractivity contribution >= 4 is 0 Å². The molecule has 1 aliphatic heterocycles. The van der Waals surface area contributed by atoms with Gasteiger partial charge in [0.05, 0.1) is 13.2 Å². The lowest BCUT2D eigenvalue weighted by Gasteiger charge is -2.13. The highest BCUT2D eigenvalue weighted by molar-refractivity contribution is 5.40. The van der Waals surface area contributed by atoms with Gasteiger partial charge in [0.15, 0.2) is 0 Å². The molecule has 0 amide bonds. The minimum absolute atomic E-state index is 0.832. The molecule has 2 heterocycles. The maximum Gasteiger partial charge on any atom is 0.0876 e. The van der Waals surface area contributed by atoms with Gasteiger partial charge in [-0.3, -0.25) is 0 Å². The van der Waals surface area contributed by atoms with Gasteiger partial charge in [-0.25, -0.2) is 0 Å². The summed E-state index contributed by atoms with van der Waals surface area (Å²) in [6, 6.07) is 0. The summed E-state index contributed by atoms with van der Waals surface area (Å²) in [7, 11) is 2.22. The number of fused-ring (bicyclic) bond motifs is 3. The van der Waals surface area contributed by atoms with Gasteiger partial charge in [-0.1, -0.05) is 12.8 Å². The molecule has 2 nitrogen and oxygen atoms in total. The first-order chi connectivity index (χ1) is 7.38. The van der Waals surface area contributed by atoms with Crippen molar-refractivity contribution in [3.8, 4) is 0 Å². The average Bonchev–Trinajstić information content (AvgIpc) is 2.72. The Morgan fingerprint density at radius 2 is 1.67 bits per heavy atom. The first-order valence-corrected chi connectivity index (χ1v) is 6.14. The van der Waals surface area contributed by atoms with Crippen molar-refractivity contribution in [3.05, 3.63) is 22.5 Å². The Hall–Kier alpha value is -0.760. The molecule has 0 N–H and O–H groups in total. The van der Waals surface area contributed by atoms with Gasteiger partial charge in [0.1, 0.15) is 0 Å². The second-order valence-electron chi connectivity index (χ2n) is 4.82. The fourth-order valence-electron chi connectivity index (χ4n) is 3.08. The van der Waals surface area contributed by atoms with Gasteiger partial charge in [0, 0.05) is 24.0 Å². The molecule has 0 aromatic carbocycles. The van der Waals surface area contributed by atoms with E-state index in [1.807, 2.05) is 0 Å². The molecule has 2 aliphatic rings. The van der Waals surface area contributed by atoms with Gasteiger partial charge >= 0.3 is 0 Å². The maximum absolute atomic E-state index is 5.55. The van der Waals surface area contributed by atoms with Gasteiger partial charge in [-0.05, 0) is 31.2 Å². The molecule has 0 radical (unpaired) electrons. The summed E-state index contributed by atoms with van der Waals surface area (Å²) in [5.74, 6) is 0. The lowest BCUT2D eigenvalue weighted by molar-refractivity contribution is 0.130. The average molecular weight is 205 g/mol. The number of hydrogen-bond donors (Lipinski definition) is 0. The van der Waals surface area contributed by atoms with E-state index in [0.29, 0.717) is 0 Å². The SMILES string of the molecule is Cn1c2c(c3c1COC3)CCCCCC2. The normalized spacial score (nSPS) is 20.6. The lowest BCUT2D eigenvalue weighted by Crippen LogP contribution is -2.05. The van der Waals surface area contributed by atoms with E-state index < -0.39 is 0 Å². The van der Waals surface area contributed by atoms with Crippen molar-refractivity contribution in [2.45, 2.75) is 51.7 Å². The zero-order valence-corrected chi connectivity index (χ0v) is 9.51. The van der Waals surface area contributed by atoms with Crippen molar-refractivity contribution in [1.82, 2.24) is 4.57 Å². The number of hydrogen-bond acceptors (Lipinski definition) is 1. The molecule has 0 bridgehead atoms. The van der Waals surface area contributed by atoms with Crippen LogP contribution in [0.25, 0.3) is 0 Å². The number of rotatable bonds is 0. The second kappa shape index (κ2) is 3.67. The molecule has 0 fully saturated rings. The van der Waals surface area contributed by atoms with Gasteiger partial charge in [0.25, 0.3) is 0 Å². The molecule has 1 aromatic heterocycles. The van der Waals surface area contributed by atoms with Crippen molar-refractivity contribution < 1.29 is 4.74 Å². The van der Waals surface area contributed by atoms with E-state index in [0.717, 1.165) is 13.2 Å². The van der Waals surface area contributed by atoms with E-state index in [-0.39, 0.29) is 0 Å². The van der Waals surface area contributed by atoms with Crippen LogP contribution in [0.15, 0.2) is 0 Å². The molecule has 2 heteroatoms. The van der Waals surface area contributed by atoms with Crippen LogP contribution in [0.5, 0.6) is 0 Å². The monoisotopic (exact) mass is 205 g/mol. The highest BCUT2D eigenvalue weighted by atomic mass is 16.5. The van der Waals surface area contributed by atoms with E-state index in [2.05, 4.69) is 11.6 Å². The van der Waals surface area contributed by atoms with Crippen LogP contribution >= 0.6 is 0 Å². The summed E-state index contributed by atoms with van der Waals surface area (Å²) in [5, 5.41) is 0. The topological polar surface area (TPSA) is 14.2 Å². The highest BCUT2D eigenvalue weighted by Crippen LogP contribution is 2.32. The largest absolute Gasteiger partial charge is 0.370 e. The van der Waals surface area contributed by atoms with Crippen molar-refractivity contribution in [2.24, 2.45) is 7.05 Å². The van der Waals surface area contributed by atoms with Gasteiger partial charge in [0.2, 0.25) is 0 Å². The summed E-state index contributed by atoms with van der Waals surface area (Å²) >= 11 is 0. The van der Waals surface area contributed by atoms with Crippen LogP contribution in [0, 0.1) is 0 Å². The zero-order valence-electron chi connectivity index (χ0n) is 9.51. The summed E-state index contributed by atoms with van der Waals surface area (Å²) in [5.41, 5.74) is 6.20. The highest BCUT2D eigenvalue weighted by Gasteiger charge is 2.24. The Morgan fingerprint density at radius 3 is 2.53 bits per heavy atom. The maximum atomic E-state index is 5.55. The minimum Gasteiger partial charge on any atom is -0.370 e. The third kappa shape index (κ3) is 1.43. The third-order valence-electron chi connectivity index (χ3n) is 3.95. The van der Waals surface area contributed by atoms with Crippen molar-refractivity contribution in [3.63, 3.8) is 0 Å². The van der Waals surface area contributed by atoms with E-state index in [1.165, 1.54) is 49.8 Å². The Labute approximate surface area is 91.2 Å². The van der Waals surface area contributed by atoms with Crippen LogP contribution in [-0.4, -0.2) is 4.57 Å². The second-order valence-corrected chi connectivity index (χ2v) is 4.82. The summed E-state index contributed by atoms with van der Waals surface area (Å²) < 4.78 is 7.96. The molecular formula is C13H19NO. The molecule has 0 spiro atoms. The van der Waals surface area contributed by atoms with E-state index in [1.54, 1.807) is 11.3 Å². The third-order valence-corrected chi connectivity index (χ3v) is 3.95. The van der Waals surface area contributed by atoms with Gasteiger partial charge in [-0.2, -0.15) is 0 Å². The predicted octanol–water partition coefficient (Wildman–Crippen LogP) is 2.71. The Kier molecular flexibility index (Phi) is 2.32. The number of aromatic nitrogens is 1. The molecule has 3 rings (SSSR count). The minimum atomic E-state index is 0.832. The molecule has 15 heavy (non-hydrogen) atoms. The van der Waals surface area contributed by atoms with Crippen molar-refractivity contribution in [2.75, 3.05) is 0 Å².